The second-order valence-corrected chi connectivity index (χ2v) is 3.96. The summed E-state index contributed by atoms with van der Waals surface area (Å²) in [6.07, 6.45) is 0.664. The summed E-state index contributed by atoms with van der Waals surface area (Å²) in [6, 6.07) is 11.8. The standard InChI is InChI=1S/C13H13N3O3/c17-12(10-4-2-1-3-5-10)9-15-13-8-11(16(18)19)6-7-14-13/h1-8,12,17H,9H2,(H,14,15). The molecule has 0 aliphatic heterocycles. The molecule has 0 bridgehead atoms. The van der Waals surface area contributed by atoms with E-state index < -0.39 is 11.0 Å². The van der Waals surface area contributed by atoms with Crippen LogP contribution < -0.4 is 5.32 Å². The van der Waals surface area contributed by atoms with Crippen LogP contribution in [0, 0.1) is 10.1 Å². The van der Waals surface area contributed by atoms with Crippen molar-refractivity contribution < 1.29 is 10.0 Å². The number of hydrogen-bond donors (Lipinski definition) is 2. The van der Waals surface area contributed by atoms with Crippen LogP contribution >= 0.6 is 0 Å². The van der Waals surface area contributed by atoms with Gasteiger partial charge in [-0.05, 0) is 5.56 Å². The van der Waals surface area contributed by atoms with E-state index in [1.165, 1.54) is 18.3 Å². The molecule has 2 rings (SSSR count). The maximum atomic E-state index is 10.6. The van der Waals surface area contributed by atoms with Gasteiger partial charge >= 0.3 is 0 Å². The molecular formula is C13H13N3O3. The summed E-state index contributed by atoms with van der Waals surface area (Å²) in [7, 11) is 0. The third kappa shape index (κ3) is 3.49. The van der Waals surface area contributed by atoms with Crippen molar-refractivity contribution in [3.63, 3.8) is 0 Å². The van der Waals surface area contributed by atoms with Crippen LogP contribution in [0.25, 0.3) is 0 Å². The predicted molar refractivity (Wildman–Crippen MR) is 70.8 cm³/mol. The van der Waals surface area contributed by atoms with Crippen molar-refractivity contribution in [1.29, 1.82) is 0 Å². The maximum Gasteiger partial charge on any atom is 0.274 e. The molecule has 6 heteroatoms. The van der Waals surface area contributed by atoms with Gasteiger partial charge in [0.15, 0.2) is 0 Å². The maximum absolute atomic E-state index is 10.6. The number of aliphatic hydroxyl groups excluding tert-OH is 1. The molecule has 2 aromatic rings. The molecule has 19 heavy (non-hydrogen) atoms. The van der Waals surface area contributed by atoms with Crippen LogP contribution in [0.3, 0.4) is 0 Å². The van der Waals surface area contributed by atoms with Crippen molar-refractivity contribution in [3.05, 3.63) is 64.3 Å². The van der Waals surface area contributed by atoms with E-state index in [1.807, 2.05) is 30.3 Å². The number of nitro groups is 1. The number of anilines is 1. The summed E-state index contributed by atoms with van der Waals surface area (Å²) in [4.78, 5) is 14.1. The topological polar surface area (TPSA) is 88.3 Å². The average Bonchev–Trinajstić information content (AvgIpc) is 2.46. The lowest BCUT2D eigenvalue weighted by Crippen LogP contribution is -2.12. The van der Waals surface area contributed by atoms with E-state index >= 15 is 0 Å². The number of nitrogens with one attached hydrogen (secondary N) is 1. The van der Waals surface area contributed by atoms with Gasteiger partial charge in [-0.2, -0.15) is 0 Å². The van der Waals surface area contributed by atoms with E-state index in [9.17, 15) is 15.2 Å². The minimum Gasteiger partial charge on any atom is -0.387 e. The third-order valence-corrected chi connectivity index (χ3v) is 2.62. The number of nitrogens with zero attached hydrogens (tertiary/aromatic N) is 2. The highest BCUT2D eigenvalue weighted by molar-refractivity contribution is 5.44. The zero-order chi connectivity index (χ0) is 13.7. The van der Waals surface area contributed by atoms with Crippen molar-refractivity contribution in [3.8, 4) is 0 Å². The summed E-state index contributed by atoms with van der Waals surface area (Å²) in [6.45, 7) is 0.234. The molecule has 0 aliphatic rings. The summed E-state index contributed by atoms with van der Waals surface area (Å²) < 4.78 is 0. The first kappa shape index (κ1) is 13.0. The van der Waals surface area contributed by atoms with Gasteiger partial charge in [0.25, 0.3) is 5.69 Å². The molecule has 0 spiro atoms. The van der Waals surface area contributed by atoms with E-state index in [1.54, 1.807) is 0 Å². The SMILES string of the molecule is O=[N+]([O-])c1ccnc(NCC(O)c2ccccc2)c1. The molecule has 1 heterocycles. The Kier molecular flexibility index (Phi) is 4.04. The second-order valence-electron chi connectivity index (χ2n) is 3.96. The van der Waals surface area contributed by atoms with Gasteiger partial charge in [0.05, 0.1) is 17.1 Å². The lowest BCUT2D eigenvalue weighted by atomic mass is 10.1. The van der Waals surface area contributed by atoms with E-state index in [-0.39, 0.29) is 12.2 Å². The first-order valence-corrected chi connectivity index (χ1v) is 5.74. The number of pyridine rings is 1. The van der Waals surface area contributed by atoms with Gasteiger partial charge in [0, 0.05) is 18.8 Å². The zero-order valence-electron chi connectivity index (χ0n) is 10.1. The van der Waals surface area contributed by atoms with Gasteiger partial charge in [-0.25, -0.2) is 4.98 Å². The quantitative estimate of drug-likeness (QED) is 0.634. The Morgan fingerprint density at radius 3 is 2.74 bits per heavy atom. The lowest BCUT2D eigenvalue weighted by molar-refractivity contribution is -0.384. The van der Waals surface area contributed by atoms with Crippen molar-refractivity contribution in [2.75, 3.05) is 11.9 Å². The molecule has 0 saturated carbocycles. The fraction of sp³-hybridized carbons (Fsp3) is 0.154. The average molecular weight is 259 g/mol. The molecule has 1 atom stereocenters. The van der Waals surface area contributed by atoms with Gasteiger partial charge in [-0.3, -0.25) is 10.1 Å². The van der Waals surface area contributed by atoms with Gasteiger partial charge in [-0.15, -0.1) is 0 Å². The molecular weight excluding hydrogens is 246 g/mol. The van der Waals surface area contributed by atoms with Crippen molar-refractivity contribution >= 4 is 11.5 Å². The van der Waals surface area contributed by atoms with Crippen LogP contribution in [0.15, 0.2) is 48.7 Å². The highest BCUT2D eigenvalue weighted by Crippen LogP contribution is 2.16. The molecule has 1 aromatic heterocycles. The first-order chi connectivity index (χ1) is 9.16. The van der Waals surface area contributed by atoms with Gasteiger partial charge in [-0.1, -0.05) is 30.3 Å². The van der Waals surface area contributed by atoms with Crippen molar-refractivity contribution in [2.24, 2.45) is 0 Å². The molecule has 0 saturated heterocycles. The molecule has 2 N–H and O–H groups in total. The molecule has 0 aliphatic carbocycles. The van der Waals surface area contributed by atoms with Crippen LogP contribution in [-0.4, -0.2) is 21.6 Å². The monoisotopic (exact) mass is 259 g/mol. The Labute approximate surface area is 109 Å². The van der Waals surface area contributed by atoms with Gasteiger partial charge < -0.3 is 10.4 Å². The number of aromatic nitrogens is 1. The van der Waals surface area contributed by atoms with Crippen LogP contribution in [-0.2, 0) is 0 Å². The highest BCUT2D eigenvalue weighted by atomic mass is 16.6. The Bertz CT molecular complexity index is 560. The Morgan fingerprint density at radius 2 is 2.05 bits per heavy atom. The van der Waals surface area contributed by atoms with E-state index in [0.29, 0.717) is 5.82 Å². The Balaban J connectivity index is 1.99. The fourth-order valence-electron chi connectivity index (χ4n) is 1.62. The summed E-state index contributed by atoms with van der Waals surface area (Å²) in [5.41, 5.74) is 0.743. The molecule has 1 unspecified atom stereocenters. The number of aliphatic hydroxyl groups is 1. The van der Waals surface area contributed by atoms with E-state index in [0.717, 1.165) is 5.56 Å². The predicted octanol–water partition coefficient (Wildman–Crippen LogP) is 2.14. The summed E-state index contributed by atoms with van der Waals surface area (Å²) in [5, 5.41) is 23.4. The third-order valence-electron chi connectivity index (χ3n) is 2.62. The Hall–Kier alpha value is -2.47. The molecule has 0 radical (unpaired) electrons. The molecule has 0 fully saturated rings. The summed E-state index contributed by atoms with van der Waals surface area (Å²) >= 11 is 0. The lowest BCUT2D eigenvalue weighted by Gasteiger charge is -2.12. The minimum atomic E-state index is -0.692. The normalized spacial score (nSPS) is 11.8. The van der Waals surface area contributed by atoms with Crippen molar-refractivity contribution in [1.82, 2.24) is 4.98 Å². The van der Waals surface area contributed by atoms with Gasteiger partial charge in [0.2, 0.25) is 0 Å². The summed E-state index contributed by atoms with van der Waals surface area (Å²) in [5.74, 6) is 0.365. The molecule has 98 valence electrons. The number of rotatable bonds is 5. The minimum absolute atomic E-state index is 0.0355. The fourth-order valence-corrected chi connectivity index (χ4v) is 1.62. The number of hydrogen-bond acceptors (Lipinski definition) is 5. The highest BCUT2D eigenvalue weighted by Gasteiger charge is 2.09. The van der Waals surface area contributed by atoms with Crippen LogP contribution in [0.2, 0.25) is 0 Å². The van der Waals surface area contributed by atoms with Gasteiger partial charge in [0.1, 0.15) is 5.82 Å². The van der Waals surface area contributed by atoms with Crippen molar-refractivity contribution in [2.45, 2.75) is 6.10 Å². The van der Waals surface area contributed by atoms with Crippen LogP contribution in [0.4, 0.5) is 11.5 Å². The van der Waals surface area contributed by atoms with Crippen LogP contribution in [0.1, 0.15) is 11.7 Å². The largest absolute Gasteiger partial charge is 0.387 e. The zero-order valence-corrected chi connectivity index (χ0v) is 10.1. The molecule has 6 nitrogen and oxygen atoms in total. The second kappa shape index (κ2) is 5.92. The van der Waals surface area contributed by atoms with E-state index in [2.05, 4.69) is 10.3 Å². The Morgan fingerprint density at radius 1 is 1.32 bits per heavy atom. The van der Waals surface area contributed by atoms with E-state index in [4.69, 9.17) is 0 Å². The van der Waals surface area contributed by atoms with Crippen LogP contribution in [0.5, 0.6) is 0 Å². The molecule has 0 amide bonds. The smallest absolute Gasteiger partial charge is 0.274 e. The first-order valence-electron chi connectivity index (χ1n) is 5.74. The number of benzene rings is 1. The molecule has 1 aromatic carbocycles.